The third-order valence-electron chi connectivity index (χ3n) is 3.13. The molecule has 0 aliphatic heterocycles. The minimum absolute atomic E-state index is 0.0381. The Bertz CT molecular complexity index is 436. The van der Waals surface area contributed by atoms with Crippen molar-refractivity contribution in [2.45, 2.75) is 19.9 Å². The van der Waals surface area contributed by atoms with Crippen LogP contribution >= 0.6 is 12.2 Å². The van der Waals surface area contributed by atoms with Crippen LogP contribution in [0, 0.1) is 5.92 Å². The predicted octanol–water partition coefficient (Wildman–Crippen LogP) is 1.87. The summed E-state index contributed by atoms with van der Waals surface area (Å²) in [5, 5.41) is 2.88. The molecule has 0 bridgehead atoms. The van der Waals surface area contributed by atoms with Crippen molar-refractivity contribution in [3.63, 3.8) is 0 Å². The summed E-state index contributed by atoms with van der Waals surface area (Å²) in [4.78, 5) is 14.5. The Hall–Kier alpha value is -1.46. The number of anilines is 1. The van der Waals surface area contributed by atoms with Crippen LogP contribution in [0.15, 0.2) is 30.3 Å². The highest BCUT2D eigenvalue weighted by Gasteiger charge is 2.20. The second-order valence-electron chi connectivity index (χ2n) is 4.77. The smallest absolute Gasteiger partial charge is 0.241 e. The zero-order valence-electron chi connectivity index (χ0n) is 11.6. The monoisotopic (exact) mass is 279 g/mol. The number of nitrogens with one attached hydrogen (secondary N) is 1. The summed E-state index contributed by atoms with van der Waals surface area (Å²) in [6, 6.07) is 9.18. The maximum Gasteiger partial charge on any atom is 0.241 e. The molecule has 0 aliphatic rings. The van der Waals surface area contributed by atoms with Gasteiger partial charge in [-0.25, -0.2) is 0 Å². The van der Waals surface area contributed by atoms with Crippen LogP contribution in [-0.4, -0.2) is 35.4 Å². The molecule has 0 saturated carbocycles. The lowest BCUT2D eigenvalue weighted by molar-refractivity contribution is -0.120. The Kier molecular flexibility index (Phi) is 5.92. The molecule has 1 rings (SSSR count). The van der Waals surface area contributed by atoms with Gasteiger partial charge in [-0.1, -0.05) is 37.3 Å². The average molecular weight is 279 g/mol. The summed E-state index contributed by atoms with van der Waals surface area (Å²) < 4.78 is 0. The van der Waals surface area contributed by atoms with E-state index in [2.05, 4.69) is 5.32 Å². The molecule has 5 heteroatoms. The van der Waals surface area contributed by atoms with Gasteiger partial charge in [-0.15, -0.1) is 0 Å². The number of nitrogens with two attached hydrogens (primary N) is 1. The van der Waals surface area contributed by atoms with E-state index in [0.717, 1.165) is 5.69 Å². The van der Waals surface area contributed by atoms with Gasteiger partial charge >= 0.3 is 0 Å². The molecule has 0 aliphatic carbocycles. The summed E-state index contributed by atoms with van der Waals surface area (Å²) in [5.74, 6) is 0.0517. The fraction of sp³-hybridized carbons (Fsp3) is 0.429. The highest BCUT2D eigenvalue weighted by molar-refractivity contribution is 7.80. The van der Waals surface area contributed by atoms with Gasteiger partial charge in [0.1, 0.15) is 0 Å². The molecule has 1 aromatic carbocycles. The minimum Gasteiger partial charge on any atom is -0.393 e. The van der Waals surface area contributed by atoms with Crippen LogP contribution in [0.2, 0.25) is 0 Å². The van der Waals surface area contributed by atoms with Gasteiger partial charge in [-0.2, -0.15) is 0 Å². The number of likely N-dealkylation sites (N-methyl/N-ethyl adjacent to an activating group) is 1. The number of hydrogen-bond acceptors (Lipinski definition) is 3. The normalized spacial score (nSPS) is 13.9. The number of rotatable bonds is 6. The number of amides is 1. The fourth-order valence-corrected chi connectivity index (χ4v) is 1.72. The number of nitrogens with zero attached hydrogens (tertiary/aromatic N) is 1. The van der Waals surface area contributed by atoms with Gasteiger partial charge in [0.2, 0.25) is 5.91 Å². The molecule has 0 aromatic heterocycles. The average Bonchev–Trinajstić information content (AvgIpc) is 2.38. The highest BCUT2D eigenvalue weighted by Crippen LogP contribution is 2.08. The Morgan fingerprint density at radius 1 is 1.37 bits per heavy atom. The fourth-order valence-electron chi connectivity index (χ4n) is 1.65. The molecule has 0 fully saturated rings. The molecular formula is C14H21N3OS. The summed E-state index contributed by atoms with van der Waals surface area (Å²) >= 11 is 4.94. The van der Waals surface area contributed by atoms with Crippen molar-refractivity contribution in [3.8, 4) is 0 Å². The number of carbonyl (C=O) groups excluding carboxylic acids is 1. The van der Waals surface area contributed by atoms with Gasteiger partial charge in [-0.05, 0) is 26.1 Å². The van der Waals surface area contributed by atoms with Crippen molar-refractivity contribution >= 4 is 28.8 Å². The summed E-state index contributed by atoms with van der Waals surface area (Å²) in [6.45, 7) is 4.49. The van der Waals surface area contributed by atoms with E-state index in [0.29, 0.717) is 11.5 Å². The van der Waals surface area contributed by atoms with Crippen LogP contribution in [0.3, 0.4) is 0 Å². The van der Waals surface area contributed by atoms with Crippen molar-refractivity contribution in [1.29, 1.82) is 0 Å². The Labute approximate surface area is 120 Å². The van der Waals surface area contributed by atoms with Crippen molar-refractivity contribution < 1.29 is 4.79 Å². The van der Waals surface area contributed by atoms with E-state index in [1.54, 1.807) is 0 Å². The SMILES string of the molecule is CC(CN(C)C(C)C(=O)Nc1ccccc1)C(N)=S. The van der Waals surface area contributed by atoms with E-state index in [1.807, 2.05) is 56.1 Å². The number of para-hydroxylation sites is 1. The topological polar surface area (TPSA) is 58.4 Å². The first kappa shape index (κ1) is 15.6. The van der Waals surface area contributed by atoms with E-state index in [-0.39, 0.29) is 17.9 Å². The molecule has 104 valence electrons. The van der Waals surface area contributed by atoms with Gasteiger partial charge in [-0.3, -0.25) is 9.69 Å². The third kappa shape index (κ3) is 4.96. The standard InChI is InChI=1S/C14H21N3OS/c1-10(13(15)19)9-17(3)11(2)14(18)16-12-7-5-4-6-8-12/h4-8,10-11H,9H2,1-3H3,(H2,15,19)(H,16,18). The van der Waals surface area contributed by atoms with Crippen LogP contribution in [-0.2, 0) is 4.79 Å². The summed E-state index contributed by atoms with van der Waals surface area (Å²) in [6.07, 6.45) is 0. The lowest BCUT2D eigenvalue weighted by atomic mass is 10.1. The van der Waals surface area contributed by atoms with Crippen molar-refractivity contribution in [2.75, 3.05) is 18.9 Å². The molecule has 0 spiro atoms. The van der Waals surface area contributed by atoms with Gasteiger partial charge in [0.15, 0.2) is 0 Å². The second kappa shape index (κ2) is 7.21. The molecule has 2 atom stereocenters. The van der Waals surface area contributed by atoms with Crippen molar-refractivity contribution in [3.05, 3.63) is 30.3 Å². The predicted molar refractivity (Wildman–Crippen MR) is 83.1 cm³/mol. The van der Waals surface area contributed by atoms with E-state index in [9.17, 15) is 4.79 Å². The number of hydrogen-bond donors (Lipinski definition) is 2. The lowest BCUT2D eigenvalue weighted by Gasteiger charge is -2.26. The van der Waals surface area contributed by atoms with Crippen molar-refractivity contribution in [2.24, 2.45) is 11.7 Å². The zero-order valence-corrected chi connectivity index (χ0v) is 12.4. The van der Waals surface area contributed by atoms with Crippen LogP contribution in [0.4, 0.5) is 5.69 Å². The molecule has 0 saturated heterocycles. The third-order valence-corrected chi connectivity index (χ3v) is 3.53. The first-order valence-electron chi connectivity index (χ1n) is 6.27. The zero-order chi connectivity index (χ0) is 14.4. The maximum absolute atomic E-state index is 12.1. The number of benzene rings is 1. The molecular weight excluding hydrogens is 258 g/mol. The number of thiocarbonyl (C=S) groups is 1. The molecule has 2 unspecified atom stereocenters. The Morgan fingerprint density at radius 2 is 1.95 bits per heavy atom. The van der Waals surface area contributed by atoms with E-state index in [1.165, 1.54) is 0 Å². The molecule has 19 heavy (non-hydrogen) atoms. The van der Waals surface area contributed by atoms with Gasteiger partial charge in [0, 0.05) is 18.2 Å². The van der Waals surface area contributed by atoms with Crippen LogP contribution in [0.1, 0.15) is 13.8 Å². The molecule has 1 aromatic rings. The first-order chi connectivity index (χ1) is 8.91. The first-order valence-corrected chi connectivity index (χ1v) is 6.68. The molecule has 3 N–H and O–H groups in total. The highest BCUT2D eigenvalue weighted by atomic mass is 32.1. The van der Waals surface area contributed by atoms with E-state index in [4.69, 9.17) is 18.0 Å². The van der Waals surface area contributed by atoms with E-state index < -0.39 is 0 Å². The summed E-state index contributed by atoms with van der Waals surface area (Å²) in [7, 11) is 1.89. The van der Waals surface area contributed by atoms with Crippen LogP contribution < -0.4 is 11.1 Å². The van der Waals surface area contributed by atoms with Crippen LogP contribution in [0.25, 0.3) is 0 Å². The summed E-state index contributed by atoms with van der Waals surface area (Å²) in [5.41, 5.74) is 6.39. The minimum atomic E-state index is -0.239. The Balaban J connectivity index is 2.54. The van der Waals surface area contributed by atoms with Gasteiger partial charge in [0.25, 0.3) is 0 Å². The van der Waals surface area contributed by atoms with Crippen LogP contribution in [0.5, 0.6) is 0 Å². The Morgan fingerprint density at radius 3 is 2.47 bits per heavy atom. The van der Waals surface area contributed by atoms with E-state index >= 15 is 0 Å². The molecule has 1 amide bonds. The molecule has 0 radical (unpaired) electrons. The van der Waals surface area contributed by atoms with Crippen molar-refractivity contribution in [1.82, 2.24) is 4.90 Å². The quantitative estimate of drug-likeness (QED) is 0.781. The van der Waals surface area contributed by atoms with Gasteiger partial charge < -0.3 is 11.1 Å². The second-order valence-corrected chi connectivity index (χ2v) is 5.25. The lowest BCUT2D eigenvalue weighted by Crippen LogP contribution is -2.43. The molecule has 4 nitrogen and oxygen atoms in total. The largest absolute Gasteiger partial charge is 0.393 e. The number of carbonyl (C=O) groups is 1. The van der Waals surface area contributed by atoms with Gasteiger partial charge in [0.05, 0.1) is 11.0 Å². The molecule has 0 heterocycles. The maximum atomic E-state index is 12.1.